The van der Waals surface area contributed by atoms with E-state index in [9.17, 15) is 4.79 Å². The molecule has 2 N–H and O–H groups in total. The van der Waals surface area contributed by atoms with Crippen molar-refractivity contribution in [1.82, 2.24) is 4.90 Å². The van der Waals surface area contributed by atoms with Gasteiger partial charge in [0.15, 0.2) is 0 Å². The van der Waals surface area contributed by atoms with E-state index >= 15 is 0 Å². The highest BCUT2D eigenvalue weighted by Crippen LogP contribution is 2.25. The van der Waals surface area contributed by atoms with Crippen LogP contribution in [0.1, 0.15) is 46.0 Å². The van der Waals surface area contributed by atoms with Gasteiger partial charge in [0.2, 0.25) is 5.91 Å². The van der Waals surface area contributed by atoms with Gasteiger partial charge in [-0.1, -0.05) is 20.3 Å². The number of amides is 1. The van der Waals surface area contributed by atoms with E-state index in [0.717, 1.165) is 19.4 Å². The molecule has 0 spiro atoms. The van der Waals surface area contributed by atoms with Gasteiger partial charge in [-0.15, -0.1) is 12.4 Å². The first-order valence-electron chi connectivity index (χ1n) is 6.20. The first kappa shape index (κ1) is 15.7. The quantitative estimate of drug-likeness (QED) is 0.829. The number of carbonyl (C=O) groups excluding carboxylic acids is 1. The summed E-state index contributed by atoms with van der Waals surface area (Å²) in [7, 11) is 0. The fraction of sp³-hybridized carbons (Fsp3) is 0.917. The monoisotopic (exact) mass is 248 g/mol. The molecule has 0 aliphatic carbocycles. The summed E-state index contributed by atoms with van der Waals surface area (Å²) in [5.41, 5.74) is 5.44. The lowest BCUT2D eigenvalue weighted by atomic mass is 9.89. The summed E-state index contributed by atoms with van der Waals surface area (Å²) in [6, 6.07) is 0.461. The minimum Gasteiger partial charge on any atom is -0.339 e. The highest BCUT2D eigenvalue weighted by atomic mass is 35.5. The third kappa shape index (κ3) is 3.95. The Morgan fingerprint density at radius 1 is 1.50 bits per heavy atom. The molecule has 1 rings (SSSR count). The molecule has 2 atom stereocenters. The molecular weight excluding hydrogens is 224 g/mol. The minimum absolute atomic E-state index is 0. The van der Waals surface area contributed by atoms with Crippen molar-refractivity contribution in [2.24, 2.45) is 11.7 Å². The summed E-state index contributed by atoms with van der Waals surface area (Å²) in [5, 5.41) is 0. The number of carbonyl (C=O) groups is 1. The third-order valence-electron chi connectivity index (χ3n) is 3.53. The Kier molecular flexibility index (Phi) is 7.77. The number of piperidine rings is 1. The fourth-order valence-electron chi connectivity index (χ4n) is 2.40. The first-order chi connectivity index (χ1) is 7.20. The standard InChI is InChI=1S/C12H24N2O.ClH/c1-3-10(2)11-6-4-5-9-14(11)12(15)7-8-13;/h10-11H,3-9,13H2,1-2H3;1H. The lowest BCUT2D eigenvalue weighted by Crippen LogP contribution is -2.47. The molecule has 1 aliphatic heterocycles. The van der Waals surface area contributed by atoms with E-state index in [1.165, 1.54) is 12.8 Å². The molecule has 1 fully saturated rings. The average Bonchev–Trinajstić information content (AvgIpc) is 2.28. The van der Waals surface area contributed by atoms with Crippen molar-refractivity contribution in [3.8, 4) is 0 Å². The third-order valence-corrected chi connectivity index (χ3v) is 3.53. The molecule has 0 aromatic carbocycles. The number of rotatable bonds is 4. The molecule has 0 radical (unpaired) electrons. The smallest absolute Gasteiger partial charge is 0.224 e. The second-order valence-electron chi connectivity index (χ2n) is 4.57. The van der Waals surface area contributed by atoms with Crippen LogP contribution in [0.25, 0.3) is 0 Å². The second-order valence-corrected chi connectivity index (χ2v) is 4.57. The lowest BCUT2D eigenvalue weighted by Gasteiger charge is -2.39. The maximum atomic E-state index is 11.9. The molecule has 2 unspecified atom stereocenters. The van der Waals surface area contributed by atoms with Crippen molar-refractivity contribution in [2.75, 3.05) is 13.1 Å². The molecule has 1 heterocycles. The van der Waals surface area contributed by atoms with Crippen molar-refractivity contribution in [2.45, 2.75) is 52.0 Å². The molecule has 0 saturated carbocycles. The van der Waals surface area contributed by atoms with Gasteiger partial charge in [-0.25, -0.2) is 0 Å². The van der Waals surface area contributed by atoms with Gasteiger partial charge in [-0.2, -0.15) is 0 Å². The molecule has 0 bridgehead atoms. The van der Waals surface area contributed by atoms with E-state index in [0.29, 0.717) is 24.9 Å². The molecule has 96 valence electrons. The molecule has 1 saturated heterocycles. The topological polar surface area (TPSA) is 46.3 Å². The van der Waals surface area contributed by atoms with Crippen LogP contribution in [0.2, 0.25) is 0 Å². The van der Waals surface area contributed by atoms with Crippen LogP contribution < -0.4 is 5.73 Å². The second kappa shape index (κ2) is 7.91. The summed E-state index contributed by atoms with van der Waals surface area (Å²) >= 11 is 0. The van der Waals surface area contributed by atoms with Crippen molar-refractivity contribution in [3.63, 3.8) is 0 Å². The van der Waals surface area contributed by atoms with Crippen LogP contribution >= 0.6 is 12.4 Å². The van der Waals surface area contributed by atoms with Crippen LogP contribution in [0, 0.1) is 5.92 Å². The maximum Gasteiger partial charge on any atom is 0.224 e. The number of hydrogen-bond donors (Lipinski definition) is 1. The van der Waals surface area contributed by atoms with E-state index in [4.69, 9.17) is 5.73 Å². The summed E-state index contributed by atoms with van der Waals surface area (Å²) in [5.74, 6) is 0.870. The Hall–Kier alpha value is -0.280. The van der Waals surface area contributed by atoms with E-state index < -0.39 is 0 Å². The van der Waals surface area contributed by atoms with Crippen LogP contribution in [-0.4, -0.2) is 29.9 Å². The molecule has 0 aromatic heterocycles. The molecule has 3 nitrogen and oxygen atoms in total. The number of nitrogens with two attached hydrogens (primary N) is 1. The number of likely N-dealkylation sites (tertiary alicyclic amines) is 1. The van der Waals surface area contributed by atoms with Crippen LogP contribution in [0.4, 0.5) is 0 Å². The Labute approximate surface area is 105 Å². The summed E-state index contributed by atoms with van der Waals surface area (Å²) in [6.45, 7) is 5.86. The Balaban J connectivity index is 0.00000225. The molecule has 16 heavy (non-hydrogen) atoms. The van der Waals surface area contributed by atoms with Crippen LogP contribution in [0.15, 0.2) is 0 Å². The Morgan fingerprint density at radius 3 is 2.75 bits per heavy atom. The number of halogens is 1. The summed E-state index contributed by atoms with van der Waals surface area (Å²) < 4.78 is 0. The average molecular weight is 249 g/mol. The predicted molar refractivity (Wildman–Crippen MR) is 69.7 cm³/mol. The van der Waals surface area contributed by atoms with Crippen molar-refractivity contribution in [3.05, 3.63) is 0 Å². The lowest BCUT2D eigenvalue weighted by molar-refractivity contribution is -0.135. The van der Waals surface area contributed by atoms with Gasteiger partial charge < -0.3 is 10.6 Å². The van der Waals surface area contributed by atoms with Gasteiger partial charge in [-0.3, -0.25) is 4.79 Å². The van der Waals surface area contributed by atoms with Gasteiger partial charge in [-0.05, 0) is 25.2 Å². The van der Waals surface area contributed by atoms with Crippen LogP contribution in [-0.2, 0) is 4.79 Å². The van der Waals surface area contributed by atoms with E-state index in [1.807, 2.05) is 0 Å². The molecule has 1 aliphatic rings. The van der Waals surface area contributed by atoms with E-state index in [1.54, 1.807) is 0 Å². The van der Waals surface area contributed by atoms with Crippen molar-refractivity contribution >= 4 is 18.3 Å². The molecular formula is C12H25ClN2O. The van der Waals surface area contributed by atoms with Crippen molar-refractivity contribution < 1.29 is 4.79 Å². The van der Waals surface area contributed by atoms with Gasteiger partial charge in [0.05, 0.1) is 0 Å². The normalized spacial score (nSPS) is 22.4. The molecule has 0 aromatic rings. The van der Waals surface area contributed by atoms with Gasteiger partial charge in [0.1, 0.15) is 0 Å². The highest BCUT2D eigenvalue weighted by molar-refractivity contribution is 5.85. The van der Waals surface area contributed by atoms with Gasteiger partial charge in [0.25, 0.3) is 0 Å². The SMILES string of the molecule is CCC(C)C1CCCCN1C(=O)CCN.Cl. The van der Waals surface area contributed by atoms with Gasteiger partial charge >= 0.3 is 0 Å². The van der Waals surface area contributed by atoms with Crippen LogP contribution in [0.3, 0.4) is 0 Å². The molecule has 4 heteroatoms. The minimum atomic E-state index is 0. The van der Waals surface area contributed by atoms with E-state index in [2.05, 4.69) is 18.7 Å². The fourth-order valence-corrected chi connectivity index (χ4v) is 2.40. The summed E-state index contributed by atoms with van der Waals surface area (Å²) in [6.07, 6.45) is 5.25. The Morgan fingerprint density at radius 2 is 2.19 bits per heavy atom. The zero-order valence-corrected chi connectivity index (χ0v) is 11.3. The van der Waals surface area contributed by atoms with E-state index in [-0.39, 0.29) is 18.3 Å². The largest absolute Gasteiger partial charge is 0.339 e. The zero-order chi connectivity index (χ0) is 11.3. The number of hydrogen-bond acceptors (Lipinski definition) is 2. The zero-order valence-electron chi connectivity index (χ0n) is 10.4. The molecule has 1 amide bonds. The maximum absolute atomic E-state index is 11.9. The predicted octanol–water partition coefficient (Wildman–Crippen LogP) is 2.18. The van der Waals surface area contributed by atoms with Crippen molar-refractivity contribution in [1.29, 1.82) is 0 Å². The Bertz CT molecular complexity index is 211. The summed E-state index contributed by atoms with van der Waals surface area (Å²) in [4.78, 5) is 13.9. The van der Waals surface area contributed by atoms with Gasteiger partial charge in [0, 0.05) is 25.6 Å². The highest BCUT2D eigenvalue weighted by Gasteiger charge is 2.29. The first-order valence-corrected chi connectivity index (χ1v) is 6.20. The number of nitrogens with zero attached hydrogens (tertiary/aromatic N) is 1. The van der Waals surface area contributed by atoms with Crippen LogP contribution in [0.5, 0.6) is 0 Å².